The summed E-state index contributed by atoms with van der Waals surface area (Å²) in [6, 6.07) is 0.681. The summed E-state index contributed by atoms with van der Waals surface area (Å²) in [5.74, 6) is 2.57. The lowest BCUT2D eigenvalue weighted by Crippen LogP contribution is -2.65. The summed E-state index contributed by atoms with van der Waals surface area (Å²) >= 11 is 0. The summed E-state index contributed by atoms with van der Waals surface area (Å²) in [6.07, 6.45) is 11.4. The van der Waals surface area contributed by atoms with E-state index in [1.807, 2.05) is 12.4 Å². The molecule has 1 aromatic heterocycles. The summed E-state index contributed by atoms with van der Waals surface area (Å²) in [6.45, 7) is 6.41. The van der Waals surface area contributed by atoms with E-state index >= 15 is 0 Å². The van der Waals surface area contributed by atoms with Gasteiger partial charge in [-0.05, 0) is 37.5 Å². The Labute approximate surface area is 184 Å². The molecule has 4 rings (SSSR count). The first-order valence-electron chi connectivity index (χ1n) is 11.7. The molecule has 2 amide bonds. The van der Waals surface area contributed by atoms with Gasteiger partial charge in [0.2, 0.25) is 11.8 Å². The van der Waals surface area contributed by atoms with Crippen LogP contribution in [-0.4, -0.2) is 67.9 Å². The van der Waals surface area contributed by atoms with Gasteiger partial charge in [0.25, 0.3) is 6.47 Å². The van der Waals surface area contributed by atoms with Gasteiger partial charge in [-0.2, -0.15) is 0 Å². The number of likely N-dealkylation sites (tertiary alicyclic amines) is 1. The van der Waals surface area contributed by atoms with Crippen LogP contribution in [0.1, 0.15) is 64.6 Å². The van der Waals surface area contributed by atoms with Gasteiger partial charge < -0.3 is 19.5 Å². The predicted octanol–water partition coefficient (Wildman–Crippen LogP) is 2.56. The number of carbonyl (C=O) groups excluding carboxylic acids is 2. The lowest BCUT2D eigenvalue weighted by atomic mass is 9.71. The van der Waals surface area contributed by atoms with Crippen LogP contribution >= 0.6 is 0 Å². The normalized spacial score (nSPS) is 27.2. The van der Waals surface area contributed by atoms with E-state index in [1.54, 1.807) is 0 Å². The molecule has 2 bridgehead atoms. The maximum atomic E-state index is 13.0. The van der Waals surface area contributed by atoms with E-state index in [0.29, 0.717) is 49.2 Å². The molecule has 31 heavy (non-hydrogen) atoms. The number of aromatic nitrogens is 2. The second kappa shape index (κ2) is 10.8. The van der Waals surface area contributed by atoms with Crippen LogP contribution in [0.5, 0.6) is 0 Å². The number of amides is 2. The second-order valence-electron chi connectivity index (χ2n) is 8.92. The van der Waals surface area contributed by atoms with Gasteiger partial charge in [-0.25, -0.2) is 4.98 Å². The van der Waals surface area contributed by atoms with Gasteiger partial charge >= 0.3 is 0 Å². The van der Waals surface area contributed by atoms with E-state index in [4.69, 9.17) is 9.90 Å². The number of carbonyl (C=O) groups is 3. The fourth-order valence-corrected chi connectivity index (χ4v) is 5.88. The van der Waals surface area contributed by atoms with Crippen molar-refractivity contribution >= 4 is 18.3 Å². The van der Waals surface area contributed by atoms with Gasteiger partial charge in [0.1, 0.15) is 5.82 Å². The van der Waals surface area contributed by atoms with Crippen LogP contribution in [0.4, 0.5) is 0 Å². The molecule has 3 saturated heterocycles. The van der Waals surface area contributed by atoms with Crippen molar-refractivity contribution in [3.8, 4) is 0 Å². The van der Waals surface area contributed by atoms with Crippen LogP contribution in [0.15, 0.2) is 12.4 Å². The Morgan fingerprint density at radius 1 is 1.29 bits per heavy atom. The number of rotatable bonds is 6. The molecule has 0 radical (unpaired) electrons. The van der Waals surface area contributed by atoms with Crippen molar-refractivity contribution in [3.63, 3.8) is 0 Å². The topological polar surface area (TPSA) is 95.7 Å². The van der Waals surface area contributed by atoms with E-state index in [0.717, 1.165) is 51.0 Å². The van der Waals surface area contributed by atoms with E-state index < -0.39 is 0 Å². The van der Waals surface area contributed by atoms with E-state index in [2.05, 4.69) is 33.2 Å². The molecular weight excluding hydrogens is 396 g/mol. The zero-order valence-electron chi connectivity index (χ0n) is 18.8. The minimum atomic E-state index is -0.250. The Morgan fingerprint density at radius 3 is 2.74 bits per heavy atom. The van der Waals surface area contributed by atoms with Crippen molar-refractivity contribution < 1.29 is 19.5 Å². The second-order valence-corrected chi connectivity index (χ2v) is 8.92. The summed E-state index contributed by atoms with van der Waals surface area (Å²) in [5, 5.41) is 6.89. The first kappa shape index (κ1) is 23.3. The molecule has 1 aromatic rings. The Hall–Kier alpha value is -2.38. The molecule has 172 valence electrons. The van der Waals surface area contributed by atoms with Crippen LogP contribution in [0.25, 0.3) is 0 Å². The first-order chi connectivity index (χ1) is 15.0. The van der Waals surface area contributed by atoms with Crippen LogP contribution in [0, 0.1) is 11.8 Å². The first-order valence-corrected chi connectivity index (χ1v) is 11.7. The van der Waals surface area contributed by atoms with Gasteiger partial charge in [-0.3, -0.25) is 14.4 Å². The lowest BCUT2D eigenvalue weighted by Gasteiger charge is -2.56. The largest absolute Gasteiger partial charge is 0.483 e. The quantitative estimate of drug-likeness (QED) is 0.697. The molecule has 3 aliphatic rings. The standard InChI is InChI=1S/C22H34N4O2.CH2O2/c1-3-6-18-16-13-17(19-7-5-8-22(28)26(18)19)15-25(14-16)21(27)9-11-24-12-10-23-20(24)4-2;2-1-3/h10,12,16-19H,3-9,11,13-15H2,1-2H3;1H,(H,2,3)/t16-,17+,18-,19-;/m0./s1. The van der Waals surface area contributed by atoms with Crippen molar-refractivity contribution in [2.75, 3.05) is 13.1 Å². The summed E-state index contributed by atoms with van der Waals surface area (Å²) < 4.78 is 2.10. The monoisotopic (exact) mass is 432 g/mol. The smallest absolute Gasteiger partial charge is 0.290 e. The molecule has 0 unspecified atom stereocenters. The van der Waals surface area contributed by atoms with Crippen LogP contribution in [-0.2, 0) is 27.3 Å². The van der Waals surface area contributed by atoms with Gasteiger partial charge in [0.15, 0.2) is 0 Å². The average Bonchev–Trinajstić information content (AvgIpc) is 3.23. The predicted molar refractivity (Wildman–Crippen MR) is 116 cm³/mol. The van der Waals surface area contributed by atoms with Crippen LogP contribution < -0.4 is 0 Å². The highest BCUT2D eigenvalue weighted by Gasteiger charge is 2.49. The zero-order chi connectivity index (χ0) is 22.4. The van der Waals surface area contributed by atoms with Crippen molar-refractivity contribution in [2.24, 2.45) is 11.8 Å². The molecular formula is C23H36N4O4. The third kappa shape index (κ3) is 5.10. The molecule has 4 heterocycles. The van der Waals surface area contributed by atoms with Gasteiger partial charge in [-0.1, -0.05) is 20.3 Å². The van der Waals surface area contributed by atoms with Crippen molar-refractivity contribution in [2.45, 2.75) is 83.8 Å². The summed E-state index contributed by atoms with van der Waals surface area (Å²) in [4.78, 5) is 42.8. The van der Waals surface area contributed by atoms with Crippen LogP contribution in [0.2, 0.25) is 0 Å². The molecule has 0 aliphatic carbocycles. The third-order valence-corrected chi connectivity index (χ3v) is 7.12. The van der Waals surface area contributed by atoms with Crippen molar-refractivity contribution in [3.05, 3.63) is 18.2 Å². The van der Waals surface area contributed by atoms with E-state index in [1.165, 1.54) is 6.42 Å². The molecule has 0 saturated carbocycles. The number of aryl methyl sites for hydroxylation is 2. The van der Waals surface area contributed by atoms with Crippen molar-refractivity contribution in [1.29, 1.82) is 0 Å². The number of carboxylic acid groups (broad SMARTS) is 1. The Bertz CT molecular complexity index is 765. The fraction of sp³-hybridized carbons (Fsp3) is 0.739. The molecule has 8 heteroatoms. The van der Waals surface area contributed by atoms with E-state index in [9.17, 15) is 9.59 Å². The lowest BCUT2D eigenvalue weighted by molar-refractivity contribution is -0.156. The third-order valence-electron chi connectivity index (χ3n) is 7.12. The van der Waals surface area contributed by atoms with Crippen molar-refractivity contribution in [1.82, 2.24) is 19.4 Å². The number of hydrogen-bond donors (Lipinski definition) is 1. The zero-order valence-corrected chi connectivity index (χ0v) is 18.8. The summed E-state index contributed by atoms with van der Waals surface area (Å²) in [7, 11) is 0. The number of piperidine rings is 3. The highest BCUT2D eigenvalue weighted by atomic mass is 16.3. The molecule has 8 nitrogen and oxygen atoms in total. The molecule has 4 atom stereocenters. The Morgan fingerprint density at radius 2 is 2.03 bits per heavy atom. The Balaban J connectivity index is 0.000000858. The number of fused-ring (bicyclic) bond motifs is 4. The maximum absolute atomic E-state index is 13.0. The maximum Gasteiger partial charge on any atom is 0.290 e. The van der Waals surface area contributed by atoms with Gasteiger partial charge in [-0.15, -0.1) is 0 Å². The average molecular weight is 433 g/mol. The SMILES string of the molecule is CCC[C@H]1[C@H]2C[C@H](CN(C(=O)CCn3ccnc3CC)C2)[C@@H]2CCCC(=O)N21.O=CO. The molecule has 0 aromatic carbocycles. The number of nitrogens with zero attached hydrogens (tertiary/aromatic N) is 4. The Kier molecular flexibility index (Phi) is 8.09. The van der Waals surface area contributed by atoms with E-state index in [-0.39, 0.29) is 12.4 Å². The fourth-order valence-electron chi connectivity index (χ4n) is 5.88. The van der Waals surface area contributed by atoms with Gasteiger partial charge in [0, 0.05) is 63.4 Å². The van der Waals surface area contributed by atoms with Crippen LogP contribution in [0.3, 0.4) is 0 Å². The molecule has 0 spiro atoms. The minimum absolute atomic E-state index is 0.250. The minimum Gasteiger partial charge on any atom is -0.483 e. The summed E-state index contributed by atoms with van der Waals surface area (Å²) in [5.41, 5.74) is 0. The number of imidazole rings is 1. The van der Waals surface area contributed by atoms with Gasteiger partial charge in [0.05, 0.1) is 0 Å². The highest BCUT2D eigenvalue weighted by molar-refractivity contribution is 5.78. The molecule has 3 fully saturated rings. The number of hydrogen-bond acceptors (Lipinski definition) is 4. The molecule has 3 aliphatic heterocycles. The highest BCUT2D eigenvalue weighted by Crippen LogP contribution is 2.43. The molecule has 1 N–H and O–H groups in total.